The molecule has 0 rings (SSSR count). The number of rotatable bonds is 79. The van der Waals surface area contributed by atoms with Crippen molar-refractivity contribution >= 4 is 11.9 Å². The van der Waals surface area contributed by atoms with E-state index < -0.39 is 12.1 Å². The lowest BCUT2D eigenvalue weighted by molar-refractivity contribution is -0.143. The summed E-state index contributed by atoms with van der Waals surface area (Å²) < 4.78 is 5.51. The van der Waals surface area contributed by atoms with Crippen molar-refractivity contribution < 1.29 is 24.5 Å². The van der Waals surface area contributed by atoms with Crippen molar-refractivity contribution in [3.63, 3.8) is 0 Å². The number of carbonyl (C=O) groups is 2. The minimum absolute atomic E-state index is 0.0209. The van der Waals surface area contributed by atoms with Gasteiger partial charge in [-0.2, -0.15) is 0 Å². The van der Waals surface area contributed by atoms with Crippen LogP contribution in [-0.4, -0.2) is 47.4 Å². The average Bonchev–Trinajstić information content (AvgIpc) is 3.67. The largest absolute Gasteiger partial charge is 0.466 e. The van der Waals surface area contributed by atoms with Crippen LogP contribution >= 0.6 is 0 Å². The fraction of sp³-hybridized carbons (Fsp3) is 0.906. The molecule has 0 aliphatic rings. The van der Waals surface area contributed by atoms with Crippen molar-refractivity contribution in [2.24, 2.45) is 0 Å². The number of amides is 1. The Hall–Kier alpha value is -1.92. The van der Waals surface area contributed by atoms with Crippen molar-refractivity contribution in [3.8, 4) is 0 Å². The van der Waals surface area contributed by atoms with Gasteiger partial charge in [0.15, 0.2) is 0 Å². The van der Waals surface area contributed by atoms with Gasteiger partial charge in [-0.15, -0.1) is 0 Å². The van der Waals surface area contributed by atoms with Gasteiger partial charge in [0.05, 0.1) is 25.4 Å². The molecule has 0 aromatic carbocycles. The molecule has 0 aliphatic heterocycles. The summed E-state index contributed by atoms with van der Waals surface area (Å²) in [5, 5.41) is 23.3. The van der Waals surface area contributed by atoms with E-state index in [-0.39, 0.29) is 18.5 Å². The third-order valence-corrected chi connectivity index (χ3v) is 19.7. The van der Waals surface area contributed by atoms with E-state index in [0.717, 1.165) is 44.9 Å². The maximum atomic E-state index is 12.6. The number of ether oxygens (including phenoxy) is 1. The van der Waals surface area contributed by atoms with Gasteiger partial charge in [0.2, 0.25) is 5.91 Å². The molecule has 6 nitrogen and oxygen atoms in total. The summed E-state index contributed by atoms with van der Waals surface area (Å²) >= 11 is 0. The van der Waals surface area contributed by atoms with Crippen molar-refractivity contribution in [1.82, 2.24) is 5.32 Å². The number of nitrogens with one attached hydrogen (secondary N) is 1. The lowest BCUT2D eigenvalue weighted by atomic mass is 10.0. The lowest BCUT2D eigenvalue weighted by Gasteiger charge is -2.20. The summed E-state index contributed by atoms with van der Waals surface area (Å²) in [6.45, 7) is 4.96. The van der Waals surface area contributed by atoms with Crippen LogP contribution in [0.15, 0.2) is 36.5 Å². The molecule has 3 N–H and O–H groups in total. The first kappa shape index (κ1) is 89.1. The molecule has 91 heavy (non-hydrogen) atoms. The van der Waals surface area contributed by atoms with Gasteiger partial charge in [0, 0.05) is 12.8 Å². The van der Waals surface area contributed by atoms with Gasteiger partial charge < -0.3 is 20.3 Å². The zero-order valence-corrected chi connectivity index (χ0v) is 61.9. The van der Waals surface area contributed by atoms with E-state index in [1.165, 1.54) is 398 Å². The second-order valence-electron chi connectivity index (χ2n) is 28.8. The van der Waals surface area contributed by atoms with Crippen molar-refractivity contribution in [1.29, 1.82) is 0 Å². The Bertz CT molecular complexity index is 1470. The van der Waals surface area contributed by atoms with Crippen LogP contribution in [0.4, 0.5) is 0 Å². The molecular weight excluding hydrogens is 1110 g/mol. The van der Waals surface area contributed by atoms with Crippen LogP contribution in [0.1, 0.15) is 470 Å². The number of esters is 1. The highest BCUT2D eigenvalue weighted by Crippen LogP contribution is 2.20. The summed E-state index contributed by atoms with van der Waals surface area (Å²) in [7, 11) is 0. The molecule has 0 bridgehead atoms. The van der Waals surface area contributed by atoms with Crippen LogP contribution in [0.25, 0.3) is 0 Å². The minimum Gasteiger partial charge on any atom is -0.466 e. The zero-order chi connectivity index (χ0) is 65.6. The normalized spacial score (nSPS) is 12.6. The predicted molar refractivity (Wildman–Crippen MR) is 403 cm³/mol. The van der Waals surface area contributed by atoms with Crippen LogP contribution in [-0.2, 0) is 14.3 Å². The van der Waals surface area contributed by atoms with Gasteiger partial charge in [-0.05, 0) is 64.2 Å². The van der Waals surface area contributed by atoms with Crippen molar-refractivity contribution in [2.75, 3.05) is 13.2 Å². The molecule has 0 aromatic rings. The Morgan fingerprint density at radius 2 is 0.549 bits per heavy atom. The highest BCUT2D eigenvalue weighted by molar-refractivity contribution is 5.76. The Morgan fingerprint density at radius 1 is 0.308 bits per heavy atom. The molecule has 1 amide bonds. The van der Waals surface area contributed by atoms with E-state index in [0.29, 0.717) is 19.4 Å². The predicted octanol–water partition coefficient (Wildman–Crippen LogP) is 27.8. The summed E-state index contributed by atoms with van der Waals surface area (Å²) in [6, 6.07) is -0.628. The molecule has 0 heterocycles. The number of unbranched alkanes of at least 4 members (excludes halogenated alkanes) is 64. The van der Waals surface area contributed by atoms with Gasteiger partial charge >= 0.3 is 5.97 Å². The number of carbonyl (C=O) groups excluding carboxylic acids is 2. The molecular formula is C85H163NO5. The summed E-state index contributed by atoms with van der Waals surface area (Å²) in [6.07, 6.45) is 106. The Labute approximate surface area is 570 Å². The van der Waals surface area contributed by atoms with Gasteiger partial charge in [-0.25, -0.2) is 0 Å². The highest BCUT2D eigenvalue weighted by atomic mass is 16.5. The Balaban J connectivity index is 3.38. The van der Waals surface area contributed by atoms with E-state index >= 15 is 0 Å². The SMILES string of the molecule is CCCCCCCCCCCCCCCCCCCCCCC/C=C/C(O)C(CO)NC(=O)CCCCCCCCCCCCCCCCCCC/C=C\C/C=C\CCCCCCCCCCCCCOC(=O)CCCCCCCCCCCCCCCCCC. The fourth-order valence-corrected chi connectivity index (χ4v) is 13.3. The van der Waals surface area contributed by atoms with Gasteiger partial charge in [-0.3, -0.25) is 9.59 Å². The van der Waals surface area contributed by atoms with Crippen LogP contribution < -0.4 is 5.32 Å². The summed E-state index contributed by atoms with van der Waals surface area (Å²) in [5.74, 6) is -0.0396. The molecule has 0 fully saturated rings. The molecule has 2 atom stereocenters. The smallest absolute Gasteiger partial charge is 0.305 e. The first-order chi connectivity index (χ1) is 45.0. The van der Waals surface area contributed by atoms with Gasteiger partial charge in [0.25, 0.3) is 0 Å². The Kier molecular flexibility index (Phi) is 78.8. The second-order valence-corrected chi connectivity index (χ2v) is 28.8. The molecule has 0 saturated carbocycles. The van der Waals surface area contributed by atoms with E-state index in [4.69, 9.17) is 4.74 Å². The zero-order valence-electron chi connectivity index (χ0n) is 61.9. The summed E-state index contributed by atoms with van der Waals surface area (Å²) in [5.41, 5.74) is 0. The Morgan fingerprint density at radius 3 is 0.835 bits per heavy atom. The molecule has 2 unspecified atom stereocenters. The molecule has 538 valence electrons. The lowest BCUT2D eigenvalue weighted by Crippen LogP contribution is -2.45. The van der Waals surface area contributed by atoms with Crippen LogP contribution in [0.3, 0.4) is 0 Å². The molecule has 0 spiro atoms. The third kappa shape index (κ3) is 77.0. The van der Waals surface area contributed by atoms with E-state index in [2.05, 4.69) is 43.5 Å². The van der Waals surface area contributed by atoms with Crippen LogP contribution in [0, 0.1) is 0 Å². The molecule has 6 heteroatoms. The monoisotopic (exact) mass is 1280 g/mol. The number of aliphatic hydroxyl groups excluding tert-OH is 2. The number of hydrogen-bond acceptors (Lipinski definition) is 5. The average molecular weight is 1280 g/mol. The number of allylic oxidation sites excluding steroid dienone is 5. The van der Waals surface area contributed by atoms with E-state index in [1.807, 2.05) is 6.08 Å². The topological polar surface area (TPSA) is 95.9 Å². The number of aliphatic hydroxyl groups is 2. The van der Waals surface area contributed by atoms with E-state index in [9.17, 15) is 19.8 Å². The van der Waals surface area contributed by atoms with Gasteiger partial charge in [0.1, 0.15) is 0 Å². The van der Waals surface area contributed by atoms with Gasteiger partial charge in [-0.1, -0.05) is 429 Å². The van der Waals surface area contributed by atoms with Crippen molar-refractivity contribution in [2.45, 2.75) is 482 Å². The quantitative estimate of drug-likeness (QED) is 0.0320. The van der Waals surface area contributed by atoms with Crippen LogP contribution in [0.2, 0.25) is 0 Å². The first-order valence-corrected chi connectivity index (χ1v) is 41.8. The molecule has 0 saturated heterocycles. The van der Waals surface area contributed by atoms with Crippen molar-refractivity contribution in [3.05, 3.63) is 36.5 Å². The maximum Gasteiger partial charge on any atom is 0.305 e. The molecule has 0 aromatic heterocycles. The van der Waals surface area contributed by atoms with Crippen LogP contribution in [0.5, 0.6) is 0 Å². The number of hydrogen-bond donors (Lipinski definition) is 3. The summed E-state index contributed by atoms with van der Waals surface area (Å²) in [4.78, 5) is 24.7. The maximum absolute atomic E-state index is 12.6. The molecule has 0 radical (unpaired) electrons. The molecule has 0 aliphatic carbocycles. The first-order valence-electron chi connectivity index (χ1n) is 41.8. The third-order valence-electron chi connectivity index (χ3n) is 19.7. The standard InChI is InChI=1S/C85H163NO5/c1-3-5-7-9-11-13-15-17-19-21-22-23-37-40-43-46-49-53-57-61-65-69-73-77-83(88)82(81-87)86-84(89)78-74-70-66-62-58-54-50-47-44-41-38-35-33-31-29-27-25-24-26-28-30-32-34-36-39-42-45-48-52-56-60-64-68-72-76-80-91-85(90)79-75-71-67-63-59-55-51-20-18-16-14-12-10-8-6-4-2/h26,28,32,34,73,77,82-83,87-88H,3-25,27,29-31,33,35-72,74-76,78-81H2,1-2H3,(H,86,89)/b28-26-,34-32-,77-73+. The fourth-order valence-electron chi connectivity index (χ4n) is 13.3. The van der Waals surface area contributed by atoms with E-state index in [1.54, 1.807) is 6.08 Å². The highest BCUT2D eigenvalue weighted by Gasteiger charge is 2.18. The minimum atomic E-state index is -0.845. The second kappa shape index (κ2) is 80.5.